The van der Waals surface area contributed by atoms with Crippen LogP contribution in [0.2, 0.25) is 0 Å². The second-order valence-electron chi connectivity index (χ2n) is 13.0. The Kier molecular flexibility index (Phi) is 23.9. The highest BCUT2D eigenvalue weighted by atomic mass is 16.5. The standard InChI is InChI=1S/C38H68N2O5/c1-3-5-7-9-11-13-15-17-19-30-44-37-32-35(31-36(33-37)43-29-18-16-14-12-10-8-6-4-2)34-45-38(42)21-20-22-39-23-25-40(26-24-39)27-28-41/h31-33,41H,3-30,34H2,1-2H3. The zero-order chi connectivity index (χ0) is 32.2. The van der Waals surface area contributed by atoms with Crippen LogP contribution in [0.15, 0.2) is 18.2 Å². The van der Waals surface area contributed by atoms with Gasteiger partial charge in [-0.2, -0.15) is 0 Å². The molecule has 260 valence electrons. The molecule has 1 aliphatic heterocycles. The number of esters is 1. The van der Waals surface area contributed by atoms with Crippen molar-refractivity contribution in [3.8, 4) is 11.5 Å². The van der Waals surface area contributed by atoms with Gasteiger partial charge in [-0.15, -0.1) is 0 Å². The molecule has 7 nitrogen and oxygen atoms in total. The van der Waals surface area contributed by atoms with E-state index in [1.54, 1.807) is 0 Å². The third-order valence-corrected chi connectivity index (χ3v) is 8.86. The Labute approximate surface area is 276 Å². The highest BCUT2D eigenvalue weighted by Gasteiger charge is 2.16. The first-order valence-corrected chi connectivity index (χ1v) is 18.7. The Morgan fingerprint density at radius 2 is 1.07 bits per heavy atom. The fourth-order valence-electron chi connectivity index (χ4n) is 5.97. The van der Waals surface area contributed by atoms with Crippen molar-refractivity contribution < 1.29 is 24.1 Å². The molecule has 0 atom stereocenters. The minimum Gasteiger partial charge on any atom is -0.493 e. The number of aliphatic hydroxyl groups excluding tert-OH is 1. The number of unbranched alkanes of at least 4 members (excludes halogenated alkanes) is 15. The van der Waals surface area contributed by atoms with Crippen LogP contribution in [0.25, 0.3) is 0 Å². The number of carbonyl (C=O) groups excluding carboxylic acids is 1. The van der Waals surface area contributed by atoms with Crippen LogP contribution in [0.1, 0.15) is 141 Å². The fraction of sp³-hybridized carbons (Fsp3) is 0.816. The van der Waals surface area contributed by atoms with Crippen LogP contribution in [0.5, 0.6) is 11.5 Å². The maximum atomic E-state index is 12.6. The quantitative estimate of drug-likeness (QED) is 0.0701. The summed E-state index contributed by atoms with van der Waals surface area (Å²) in [4.78, 5) is 17.2. The molecule has 0 radical (unpaired) electrons. The Bertz CT molecular complexity index is 843. The molecule has 0 spiro atoms. The predicted octanol–water partition coefficient (Wildman–Crippen LogP) is 8.55. The van der Waals surface area contributed by atoms with Gasteiger partial charge < -0.3 is 24.2 Å². The summed E-state index contributed by atoms with van der Waals surface area (Å²) in [6, 6.07) is 5.98. The van der Waals surface area contributed by atoms with Crippen molar-refractivity contribution in [1.29, 1.82) is 0 Å². The monoisotopic (exact) mass is 633 g/mol. The average Bonchev–Trinajstić information content (AvgIpc) is 3.05. The molecule has 1 aromatic carbocycles. The number of carbonyl (C=O) groups is 1. The fourth-order valence-corrected chi connectivity index (χ4v) is 5.97. The minimum atomic E-state index is -0.156. The van der Waals surface area contributed by atoms with E-state index in [4.69, 9.17) is 19.3 Å². The smallest absolute Gasteiger partial charge is 0.306 e. The summed E-state index contributed by atoms with van der Waals surface area (Å²) in [5.74, 6) is 1.44. The Morgan fingerprint density at radius 3 is 1.53 bits per heavy atom. The van der Waals surface area contributed by atoms with E-state index in [0.29, 0.717) is 19.6 Å². The Morgan fingerprint density at radius 1 is 0.622 bits per heavy atom. The summed E-state index contributed by atoms with van der Waals surface area (Å²) in [6.07, 6.45) is 23.0. The third kappa shape index (κ3) is 20.8. The number of nitrogens with zero attached hydrogens (tertiary/aromatic N) is 2. The SMILES string of the molecule is CCCCCCCCCCCOc1cc(COC(=O)CCCN2CCN(CCO)CC2)cc(OCCCCCCCCCC)c1. The van der Waals surface area contributed by atoms with Crippen LogP contribution in [0.3, 0.4) is 0 Å². The van der Waals surface area contributed by atoms with E-state index >= 15 is 0 Å². The molecule has 0 aliphatic carbocycles. The first-order valence-electron chi connectivity index (χ1n) is 18.7. The molecule has 0 bridgehead atoms. The molecule has 1 fully saturated rings. The van der Waals surface area contributed by atoms with Gasteiger partial charge in [0.05, 0.1) is 19.8 Å². The molecule has 1 aromatic rings. The van der Waals surface area contributed by atoms with E-state index in [1.807, 2.05) is 18.2 Å². The van der Waals surface area contributed by atoms with Crippen molar-refractivity contribution >= 4 is 5.97 Å². The third-order valence-electron chi connectivity index (χ3n) is 8.86. The molecule has 0 saturated carbocycles. The van der Waals surface area contributed by atoms with E-state index in [-0.39, 0.29) is 19.2 Å². The van der Waals surface area contributed by atoms with Crippen LogP contribution in [-0.4, -0.2) is 80.0 Å². The lowest BCUT2D eigenvalue weighted by Gasteiger charge is -2.34. The van der Waals surface area contributed by atoms with Gasteiger partial charge in [0.15, 0.2) is 0 Å². The van der Waals surface area contributed by atoms with Gasteiger partial charge in [0, 0.05) is 45.2 Å². The number of ether oxygens (including phenoxy) is 3. The van der Waals surface area contributed by atoms with Crippen molar-refractivity contribution in [2.24, 2.45) is 0 Å². The summed E-state index contributed by atoms with van der Waals surface area (Å²) in [6.45, 7) is 12.0. The van der Waals surface area contributed by atoms with Gasteiger partial charge in [0.2, 0.25) is 0 Å². The summed E-state index contributed by atoms with van der Waals surface area (Å²) in [5.41, 5.74) is 0.916. The molecule has 7 heteroatoms. The van der Waals surface area contributed by atoms with Gasteiger partial charge in [-0.3, -0.25) is 9.69 Å². The zero-order valence-corrected chi connectivity index (χ0v) is 29.2. The zero-order valence-electron chi connectivity index (χ0n) is 29.2. The minimum absolute atomic E-state index is 0.156. The summed E-state index contributed by atoms with van der Waals surface area (Å²) in [7, 11) is 0. The van der Waals surface area contributed by atoms with Crippen molar-refractivity contribution in [1.82, 2.24) is 9.80 Å². The predicted molar refractivity (Wildman–Crippen MR) is 186 cm³/mol. The molecule has 0 unspecified atom stereocenters. The molecule has 1 heterocycles. The van der Waals surface area contributed by atoms with Gasteiger partial charge in [0.25, 0.3) is 0 Å². The van der Waals surface area contributed by atoms with Crippen LogP contribution < -0.4 is 9.47 Å². The summed E-state index contributed by atoms with van der Waals surface area (Å²) >= 11 is 0. The van der Waals surface area contributed by atoms with Crippen molar-refractivity contribution in [3.63, 3.8) is 0 Å². The number of hydrogen-bond donors (Lipinski definition) is 1. The molecular formula is C38H68N2O5. The van der Waals surface area contributed by atoms with E-state index in [2.05, 4.69) is 23.6 Å². The number of β-amino-alcohol motifs (C(OH)–C–C–N with tert-alkyl or cyclic N) is 1. The van der Waals surface area contributed by atoms with E-state index in [0.717, 1.165) is 75.6 Å². The first-order chi connectivity index (χ1) is 22.1. The van der Waals surface area contributed by atoms with Crippen LogP contribution >= 0.6 is 0 Å². The van der Waals surface area contributed by atoms with Gasteiger partial charge in [-0.1, -0.05) is 110 Å². The van der Waals surface area contributed by atoms with Crippen molar-refractivity contribution in [2.45, 2.75) is 142 Å². The second kappa shape index (κ2) is 27.3. The lowest BCUT2D eigenvalue weighted by Crippen LogP contribution is -2.47. The first kappa shape index (κ1) is 39.3. The molecule has 1 aliphatic rings. The van der Waals surface area contributed by atoms with Crippen LogP contribution in [0.4, 0.5) is 0 Å². The maximum absolute atomic E-state index is 12.6. The number of piperazine rings is 1. The molecule has 2 rings (SSSR count). The molecule has 45 heavy (non-hydrogen) atoms. The summed E-state index contributed by atoms with van der Waals surface area (Å²) < 4.78 is 18.0. The molecule has 1 N–H and O–H groups in total. The number of hydrogen-bond acceptors (Lipinski definition) is 7. The largest absolute Gasteiger partial charge is 0.493 e. The lowest BCUT2D eigenvalue weighted by molar-refractivity contribution is -0.145. The molecular weight excluding hydrogens is 564 g/mol. The highest BCUT2D eigenvalue weighted by molar-refractivity contribution is 5.69. The van der Waals surface area contributed by atoms with Crippen LogP contribution in [-0.2, 0) is 16.1 Å². The average molecular weight is 633 g/mol. The molecule has 0 aromatic heterocycles. The maximum Gasteiger partial charge on any atom is 0.306 e. The van der Waals surface area contributed by atoms with Gasteiger partial charge in [-0.05, 0) is 43.5 Å². The Balaban J connectivity index is 1.73. The highest BCUT2D eigenvalue weighted by Crippen LogP contribution is 2.25. The van der Waals surface area contributed by atoms with E-state index < -0.39 is 0 Å². The normalized spacial score (nSPS) is 14.1. The molecule has 0 amide bonds. The Hall–Kier alpha value is -1.83. The van der Waals surface area contributed by atoms with Gasteiger partial charge in [-0.25, -0.2) is 0 Å². The second-order valence-corrected chi connectivity index (χ2v) is 13.0. The van der Waals surface area contributed by atoms with Crippen LogP contribution in [0, 0.1) is 0 Å². The van der Waals surface area contributed by atoms with Gasteiger partial charge >= 0.3 is 5.97 Å². The van der Waals surface area contributed by atoms with Gasteiger partial charge in [0.1, 0.15) is 18.1 Å². The lowest BCUT2D eigenvalue weighted by atomic mass is 10.1. The molecule has 1 saturated heterocycles. The number of benzene rings is 1. The number of rotatable bonds is 29. The van der Waals surface area contributed by atoms with E-state index in [9.17, 15) is 4.79 Å². The topological polar surface area (TPSA) is 71.5 Å². The van der Waals surface area contributed by atoms with Crippen molar-refractivity contribution in [3.05, 3.63) is 23.8 Å². The van der Waals surface area contributed by atoms with Crippen molar-refractivity contribution in [2.75, 3.05) is 59.1 Å². The number of aliphatic hydroxyl groups is 1. The summed E-state index contributed by atoms with van der Waals surface area (Å²) in [5, 5.41) is 9.12. The van der Waals surface area contributed by atoms with E-state index in [1.165, 1.54) is 96.3 Å².